The highest BCUT2D eigenvalue weighted by atomic mass is 15.3. The highest BCUT2D eigenvalue weighted by molar-refractivity contribution is 4.99. The van der Waals surface area contributed by atoms with Crippen LogP contribution in [0.2, 0.25) is 0 Å². The second-order valence-electron chi connectivity index (χ2n) is 7.05. The Morgan fingerprint density at radius 1 is 1.06 bits per heavy atom. The molecular weight excluding hydrogens is 222 g/mol. The highest BCUT2D eigenvalue weighted by Crippen LogP contribution is 2.36. The molecule has 0 aromatic heterocycles. The first-order valence-corrected chi connectivity index (χ1v) is 7.69. The van der Waals surface area contributed by atoms with Gasteiger partial charge in [0.25, 0.3) is 0 Å². The maximum Gasteiger partial charge on any atom is 0.0356 e. The first-order chi connectivity index (χ1) is 8.51. The lowest BCUT2D eigenvalue weighted by Crippen LogP contribution is -2.62. The molecule has 0 spiro atoms. The average Bonchev–Trinajstić information content (AvgIpc) is 2.37. The summed E-state index contributed by atoms with van der Waals surface area (Å²) in [6.07, 6.45) is 5.22. The van der Waals surface area contributed by atoms with Crippen LogP contribution in [0.1, 0.15) is 46.5 Å². The molecule has 0 aromatic carbocycles. The van der Waals surface area contributed by atoms with Gasteiger partial charge in [0.05, 0.1) is 0 Å². The van der Waals surface area contributed by atoms with E-state index in [4.69, 9.17) is 5.73 Å². The van der Waals surface area contributed by atoms with Crippen LogP contribution in [-0.2, 0) is 0 Å². The Balaban J connectivity index is 2.04. The van der Waals surface area contributed by atoms with Gasteiger partial charge >= 0.3 is 0 Å². The van der Waals surface area contributed by atoms with Crippen LogP contribution in [0.15, 0.2) is 0 Å². The van der Waals surface area contributed by atoms with Crippen LogP contribution >= 0.6 is 0 Å². The van der Waals surface area contributed by atoms with Crippen molar-refractivity contribution < 1.29 is 0 Å². The van der Waals surface area contributed by atoms with Crippen LogP contribution in [0.25, 0.3) is 0 Å². The van der Waals surface area contributed by atoms with E-state index < -0.39 is 0 Å². The molecule has 106 valence electrons. The Kier molecular flexibility index (Phi) is 4.35. The molecule has 2 rings (SSSR count). The summed E-state index contributed by atoms with van der Waals surface area (Å²) in [5, 5.41) is 0. The Morgan fingerprint density at radius 2 is 1.72 bits per heavy atom. The number of hydrogen-bond acceptors (Lipinski definition) is 3. The van der Waals surface area contributed by atoms with Crippen molar-refractivity contribution in [1.82, 2.24) is 9.80 Å². The van der Waals surface area contributed by atoms with Gasteiger partial charge < -0.3 is 10.6 Å². The molecule has 0 aromatic rings. The van der Waals surface area contributed by atoms with Crippen molar-refractivity contribution in [2.45, 2.75) is 52.0 Å². The third-order valence-corrected chi connectivity index (χ3v) is 5.19. The molecule has 2 aliphatic rings. The van der Waals surface area contributed by atoms with Crippen LogP contribution in [0.4, 0.5) is 0 Å². The summed E-state index contributed by atoms with van der Waals surface area (Å²) < 4.78 is 0. The number of nitrogens with zero attached hydrogens (tertiary/aromatic N) is 2. The lowest BCUT2D eigenvalue weighted by Gasteiger charge is -2.52. The van der Waals surface area contributed by atoms with Gasteiger partial charge in [0.15, 0.2) is 0 Å². The van der Waals surface area contributed by atoms with Crippen molar-refractivity contribution in [3.8, 4) is 0 Å². The van der Waals surface area contributed by atoms with Crippen LogP contribution < -0.4 is 5.73 Å². The average molecular weight is 253 g/mol. The van der Waals surface area contributed by atoms with Gasteiger partial charge in [-0.15, -0.1) is 0 Å². The summed E-state index contributed by atoms with van der Waals surface area (Å²) in [6.45, 7) is 14.0. The molecule has 2 fully saturated rings. The fraction of sp³-hybridized carbons (Fsp3) is 1.00. The van der Waals surface area contributed by atoms with Crippen LogP contribution in [-0.4, -0.2) is 54.6 Å². The molecule has 2 heterocycles. The molecule has 0 atom stereocenters. The van der Waals surface area contributed by atoms with Gasteiger partial charge in [-0.3, -0.25) is 4.90 Å². The lowest BCUT2D eigenvalue weighted by molar-refractivity contribution is -0.0188. The molecule has 2 saturated heterocycles. The summed E-state index contributed by atoms with van der Waals surface area (Å²) in [7, 11) is 0. The number of piperidine rings is 2. The first-order valence-electron chi connectivity index (χ1n) is 7.69. The smallest absolute Gasteiger partial charge is 0.0356 e. The quantitative estimate of drug-likeness (QED) is 0.834. The SMILES string of the molecule is CCN1CCC(CN)(N2CCCC(C)(C)C2)CC1. The van der Waals surface area contributed by atoms with E-state index in [-0.39, 0.29) is 0 Å². The molecule has 3 heteroatoms. The first kappa shape index (κ1) is 14.3. The second kappa shape index (κ2) is 5.48. The predicted molar refractivity (Wildman–Crippen MR) is 77.7 cm³/mol. The maximum atomic E-state index is 6.18. The van der Waals surface area contributed by atoms with E-state index >= 15 is 0 Å². The zero-order valence-electron chi connectivity index (χ0n) is 12.5. The standard InChI is InChI=1S/C15H31N3/c1-4-17-10-7-15(12-16,8-11-17)18-9-5-6-14(2,3)13-18/h4-13,16H2,1-3H3. The minimum Gasteiger partial charge on any atom is -0.329 e. The van der Waals surface area contributed by atoms with E-state index in [0.29, 0.717) is 11.0 Å². The van der Waals surface area contributed by atoms with Crippen molar-refractivity contribution in [3.05, 3.63) is 0 Å². The fourth-order valence-electron chi connectivity index (χ4n) is 3.76. The molecule has 0 aliphatic carbocycles. The van der Waals surface area contributed by atoms with E-state index in [9.17, 15) is 0 Å². The van der Waals surface area contributed by atoms with E-state index in [2.05, 4.69) is 30.6 Å². The minimum atomic E-state index is 0.295. The molecule has 3 nitrogen and oxygen atoms in total. The van der Waals surface area contributed by atoms with Crippen molar-refractivity contribution in [2.24, 2.45) is 11.1 Å². The molecule has 0 amide bonds. The van der Waals surface area contributed by atoms with Gasteiger partial charge in [0.1, 0.15) is 0 Å². The third kappa shape index (κ3) is 2.89. The number of hydrogen-bond donors (Lipinski definition) is 1. The topological polar surface area (TPSA) is 32.5 Å². The highest BCUT2D eigenvalue weighted by Gasteiger charge is 2.41. The Labute approximate surface area is 113 Å². The summed E-state index contributed by atoms with van der Waals surface area (Å²) in [4.78, 5) is 5.28. The Morgan fingerprint density at radius 3 is 2.22 bits per heavy atom. The van der Waals surface area contributed by atoms with Crippen molar-refractivity contribution in [1.29, 1.82) is 0 Å². The molecule has 0 saturated carbocycles. The number of rotatable bonds is 3. The van der Waals surface area contributed by atoms with Gasteiger partial charge in [0.2, 0.25) is 0 Å². The summed E-state index contributed by atoms with van der Waals surface area (Å²) in [6, 6.07) is 0. The zero-order valence-corrected chi connectivity index (χ0v) is 12.5. The molecule has 18 heavy (non-hydrogen) atoms. The van der Waals surface area contributed by atoms with E-state index in [1.165, 1.54) is 58.4 Å². The Hall–Kier alpha value is -0.120. The zero-order chi connectivity index (χ0) is 13.2. The Bertz CT molecular complexity index is 267. The molecule has 0 radical (unpaired) electrons. The number of likely N-dealkylation sites (tertiary alicyclic amines) is 2. The van der Waals surface area contributed by atoms with Crippen LogP contribution in [0, 0.1) is 5.41 Å². The van der Waals surface area contributed by atoms with Crippen LogP contribution in [0.3, 0.4) is 0 Å². The van der Waals surface area contributed by atoms with E-state index in [1.807, 2.05) is 0 Å². The van der Waals surface area contributed by atoms with Crippen molar-refractivity contribution in [2.75, 3.05) is 39.3 Å². The van der Waals surface area contributed by atoms with Gasteiger partial charge in [-0.25, -0.2) is 0 Å². The summed E-state index contributed by atoms with van der Waals surface area (Å²) in [5.74, 6) is 0. The van der Waals surface area contributed by atoms with Crippen molar-refractivity contribution in [3.63, 3.8) is 0 Å². The lowest BCUT2D eigenvalue weighted by atomic mass is 9.78. The minimum absolute atomic E-state index is 0.295. The largest absolute Gasteiger partial charge is 0.329 e. The third-order valence-electron chi connectivity index (χ3n) is 5.19. The molecule has 0 unspecified atom stereocenters. The summed E-state index contributed by atoms with van der Waals surface area (Å²) in [5.41, 5.74) is 6.95. The van der Waals surface area contributed by atoms with Gasteiger partial charge in [0, 0.05) is 18.6 Å². The molecule has 2 N–H and O–H groups in total. The van der Waals surface area contributed by atoms with Gasteiger partial charge in [-0.2, -0.15) is 0 Å². The van der Waals surface area contributed by atoms with E-state index in [1.54, 1.807) is 0 Å². The van der Waals surface area contributed by atoms with Gasteiger partial charge in [-0.1, -0.05) is 20.8 Å². The maximum absolute atomic E-state index is 6.18. The summed E-state index contributed by atoms with van der Waals surface area (Å²) >= 11 is 0. The van der Waals surface area contributed by atoms with Crippen molar-refractivity contribution >= 4 is 0 Å². The normalized spacial score (nSPS) is 29.3. The fourth-order valence-corrected chi connectivity index (χ4v) is 3.76. The molecular formula is C15H31N3. The van der Waals surface area contributed by atoms with E-state index in [0.717, 1.165) is 6.54 Å². The van der Waals surface area contributed by atoms with Crippen LogP contribution in [0.5, 0.6) is 0 Å². The number of nitrogens with two attached hydrogens (primary N) is 1. The van der Waals surface area contributed by atoms with Gasteiger partial charge in [-0.05, 0) is 57.3 Å². The predicted octanol–water partition coefficient (Wildman–Crippen LogP) is 1.92. The molecule has 2 aliphatic heterocycles. The second-order valence-corrected chi connectivity index (χ2v) is 7.05. The monoisotopic (exact) mass is 253 g/mol. The molecule has 0 bridgehead atoms.